The van der Waals surface area contributed by atoms with Gasteiger partial charge in [-0.15, -0.1) is 0 Å². The van der Waals surface area contributed by atoms with Crippen LogP contribution in [-0.4, -0.2) is 5.11 Å². The number of benzene rings is 1. The molecule has 76 valence electrons. The van der Waals surface area contributed by atoms with Crippen molar-refractivity contribution in [1.29, 1.82) is 0 Å². The van der Waals surface area contributed by atoms with Crippen molar-refractivity contribution in [2.24, 2.45) is 5.41 Å². The van der Waals surface area contributed by atoms with Gasteiger partial charge in [-0.25, -0.2) is 0 Å². The van der Waals surface area contributed by atoms with E-state index in [0.29, 0.717) is 0 Å². The van der Waals surface area contributed by atoms with Crippen LogP contribution < -0.4 is 0 Å². The minimum absolute atomic E-state index is 0.0733. The molecule has 0 saturated heterocycles. The number of fused-ring (bicyclic) bond motifs is 1. The fraction of sp³-hybridized carbons (Fsp3) is 0.500. The van der Waals surface area contributed by atoms with Gasteiger partial charge in [0.2, 0.25) is 0 Å². The Morgan fingerprint density at radius 3 is 2.57 bits per heavy atom. The molecule has 1 N–H and O–H groups in total. The average Bonchev–Trinajstić information content (AvgIpc) is 2.18. The lowest BCUT2D eigenvalue weighted by atomic mass is 9.77. The van der Waals surface area contributed by atoms with Crippen molar-refractivity contribution in [1.82, 2.24) is 0 Å². The van der Waals surface area contributed by atoms with Gasteiger partial charge in [0.25, 0.3) is 0 Å². The predicted octanol–water partition coefficient (Wildman–Crippen LogP) is 3.24. The molecule has 0 aromatic heterocycles. The molecule has 0 radical (unpaired) electrons. The summed E-state index contributed by atoms with van der Waals surface area (Å²) in [5.74, 6) is 0. The monoisotopic (exact) mass is 254 g/mol. The van der Waals surface area contributed by atoms with Gasteiger partial charge in [-0.1, -0.05) is 35.8 Å². The van der Waals surface area contributed by atoms with Gasteiger partial charge in [-0.2, -0.15) is 0 Å². The van der Waals surface area contributed by atoms with E-state index in [1.807, 2.05) is 19.1 Å². The van der Waals surface area contributed by atoms with Gasteiger partial charge >= 0.3 is 0 Å². The number of rotatable bonds is 0. The molecule has 0 spiro atoms. The van der Waals surface area contributed by atoms with Crippen LogP contribution in [0.3, 0.4) is 0 Å². The summed E-state index contributed by atoms with van der Waals surface area (Å²) in [5.41, 5.74) is 1.55. The zero-order valence-corrected chi connectivity index (χ0v) is 10.4. The highest BCUT2D eigenvalue weighted by Crippen LogP contribution is 2.49. The standard InChI is InChI=1S/C12H15BrO/c1-11(2)7-8-6-9(13)4-5-10(8)12(11,3)14/h4-6,14H,7H2,1-3H3. The number of aliphatic hydroxyl groups is 1. The molecule has 1 atom stereocenters. The van der Waals surface area contributed by atoms with Gasteiger partial charge in [0, 0.05) is 9.89 Å². The predicted molar refractivity (Wildman–Crippen MR) is 61.2 cm³/mol. The van der Waals surface area contributed by atoms with Crippen LogP contribution in [0.4, 0.5) is 0 Å². The van der Waals surface area contributed by atoms with Crippen molar-refractivity contribution < 1.29 is 5.11 Å². The van der Waals surface area contributed by atoms with E-state index in [0.717, 1.165) is 16.5 Å². The minimum atomic E-state index is -0.705. The Balaban J connectivity index is 2.60. The highest BCUT2D eigenvalue weighted by atomic mass is 79.9. The summed E-state index contributed by atoms with van der Waals surface area (Å²) in [6.45, 7) is 6.13. The van der Waals surface area contributed by atoms with E-state index in [4.69, 9.17) is 0 Å². The Labute approximate surface area is 93.3 Å². The normalized spacial score (nSPS) is 28.9. The molecule has 0 fully saturated rings. The second-order valence-electron chi connectivity index (χ2n) is 4.93. The zero-order valence-electron chi connectivity index (χ0n) is 8.76. The fourth-order valence-electron chi connectivity index (χ4n) is 2.20. The number of hydrogen-bond donors (Lipinski definition) is 1. The van der Waals surface area contributed by atoms with Gasteiger partial charge in [0.1, 0.15) is 0 Å². The van der Waals surface area contributed by atoms with E-state index in [9.17, 15) is 5.11 Å². The van der Waals surface area contributed by atoms with Gasteiger partial charge in [-0.05, 0) is 36.6 Å². The Bertz CT molecular complexity index is 380. The molecule has 1 unspecified atom stereocenters. The summed E-state index contributed by atoms with van der Waals surface area (Å²) in [6, 6.07) is 6.13. The second kappa shape index (κ2) is 2.83. The van der Waals surface area contributed by atoms with Crippen molar-refractivity contribution in [2.45, 2.75) is 32.8 Å². The van der Waals surface area contributed by atoms with Crippen molar-refractivity contribution in [3.63, 3.8) is 0 Å². The molecule has 1 aliphatic rings. The Morgan fingerprint density at radius 1 is 1.29 bits per heavy atom. The largest absolute Gasteiger partial charge is 0.385 e. The van der Waals surface area contributed by atoms with Crippen molar-refractivity contribution in [3.8, 4) is 0 Å². The van der Waals surface area contributed by atoms with E-state index >= 15 is 0 Å². The second-order valence-corrected chi connectivity index (χ2v) is 5.85. The molecule has 2 heteroatoms. The first-order chi connectivity index (χ1) is 6.34. The summed E-state index contributed by atoms with van der Waals surface area (Å²) in [7, 11) is 0. The average molecular weight is 255 g/mol. The van der Waals surface area contributed by atoms with Crippen LogP contribution in [0.25, 0.3) is 0 Å². The molecular weight excluding hydrogens is 240 g/mol. The first kappa shape index (κ1) is 10.2. The Hall–Kier alpha value is -0.340. The molecule has 2 rings (SSSR count). The highest BCUT2D eigenvalue weighted by Gasteiger charge is 2.47. The summed E-state index contributed by atoms with van der Waals surface area (Å²) in [4.78, 5) is 0. The smallest absolute Gasteiger partial charge is 0.0925 e. The molecule has 1 aromatic carbocycles. The molecule has 0 saturated carbocycles. The number of hydrogen-bond acceptors (Lipinski definition) is 1. The van der Waals surface area contributed by atoms with Gasteiger partial charge < -0.3 is 5.11 Å². The molecule has 1 aromatic rings. The summed E-state index contributed by atoms with van der Waals surface area (Å²) in [5, 5.41) is 10.4. The molecule has 0 amide bonds. The van der Waals surface area contributed by atoms with E-state index in [2.05, 4.69) is 35.8 Å². The lowest BCUT2D eigenvalue weighted by Crippen LogP contribution is -2.35. The quantitative estimate of drug-likeness (QED) is 0.754. The molecule has 14 heavy (non-hydrogen) atoms. The lowest BCUT2D eigenvalue weighted by molar-refractivity contribution is -0.0419. The van der Waals surface area contributed by atoms with Gasteiger partial charge in [0.15, 0.2) is 0 Å². The SMILES string of the molecule is CC1(C)Cc2cc(Br)ccc2C1(C)O. The summed E-state index contributed by atoms with van der Waals surface area (Å²) in [6.07, 6.45) is 0.939. The van der Waals surface area contributed by atoms with Crippen molar-refractivity contribution in [3.05, 3.63) is 33.8 Å². The molecule has 0 heterocycles. The maximum Gasteiger partial charge on any atom is 0.0925 e. The third kappa shape index (κ3) is 1.24. The van der Waals surface area contributed by atoms with E-state index in [-0.39, 0.29) is 5.41 Å². The minimum Gasteiger partial charge on any atom is -0.385 e. The van der Waals surface area contributed by atoms with E-state index in [1.165, 1.54) is 5.56 Å². The molecular formula is C12H15BrO. The van der Waals surface area contributed by atoms with E-state index < -0.39 is 5.60 Å². The third-order valence-electron chi connectivity index (χ3n) is 3.54. The van der Waals surface area contributed by atoms with Crippen LogP contribution in [0.1, 0.15) is 31.9 Å². The lowest BCUT2D eigenvalue weighted by Gasteiger charge is -2.33. The van der Waals surface area contributed by atoms with Crippen LogP contribution in [-0.2, 0) is 12.0 Å². The van der Waals surface area contributed by atoms with E-state index in [1.54, 1.807) is 0 Å². The third-order valence-corrected chi connectivity index (χ3v) is 4.04. The van der Waals surface area contributed by atoms with Gasteiger partial charge in [0.05, 0.1) is 5.60 Å². The maximum absolute atomic E-state index is 10.4. The van der Waals surface area contributed by atoms with Crippen LogP contribution in [0.15, 0.2) is 22.7 Å². The Kier molecular flexibility index (Phi) is 2.06. The van der Waals surface area contributed by atoms with Crippen molar-refractivity contribution in [2.75, 3.05) is 0 Å². The highest BCUT2D eigenvalue weighted by molar-refractivity contribution is 9.10. The maximum atomic E-state index is 10.4. The first-order valence-electron chi connectivity index (χ1n) is 4.86. The van der Waals surface area contributed by atoms with Crippen molar-refractivity contribution >= 4 is 15.9 Å². The molecule has 1 nitrogen and oxygen atoms in total. The summed E-state index contributed by atoms with van der Waals surface area (Å²) < 4.78 is 1.09. The van der Waals surface area contributed by atoms with Crippen LogP contribution in [0.5, 0.6) is 0 Å². The Morgan fingerprint density at radius 2 is 1.93 bits per heavy atom. The fourth-order valence-corrected chi connectivity index (χ4v) is 2.60. The molecule has 0 aliphatic heterocycles. The topological polar surface area (TPSA) is 20.2 Å². The number of halogens is 1. The van der Waals surface area contributed by atoms with Crippen LogP contribution >= 0.6 is 15.9 Å². The molecule has 0 bridgehead atoms. The first-order valence-corrected chi connectivity index (χ1v) is 5.65. The molecule has 1 aliphatic carbocycles. The van der Waals surface area contributed by atoms with Crippen LogP contribution in [0.2, 0.25) is 0 Å². The zero-order chi connectivity index (χ0) is 10.6. The van der Waals surface area contributed by atoms with Gasteiger partial charge in [-0.3, -0.25) is 0 Å². The summed E-state index contributed by atoms with van der Waals surface area (Å²) >= 11 is 3.46. The van der Waals surface area contributed by atoms with Crippen LogP contribution in [0, 0.1) is 5.41 Å².